The number of rotatable bonds is 1. The Kier molecular flexibility index (Phi) is 0.900. The van der Waals surface area contributed by atoms with Crippen molar-refractivity contribution >= 4 is 5.97 Å². The molecule has 0 heterocycles. The summed E-state index contributed by atoms with van der Waals surface area (Å²) in [5.74, 6) is -2.06. The summed E-state index contributed by atoms with van der Waals surface area (Å²) in [6.45, 7) is 0. The van der Waals surface area contributed by atoms with Gasteiger partial charge in [0.2, 0.25) is 0 Å². The Balaban J connectivity index is 2.00. The summed E-state index contributed by atoms with van der Waals surface area (Å²) in [6, 6.07) is 0. The van der Waals surface area contributed by atoms with Crippen LogP contribution in [0.5, 0.6) is 0 Å². The van der Waals surface area contributed by atoms with Gasteiger partial charge in [0.15, 0.2) is 0 Å². The van der Waals surface area contributed by atoms with Crippen LogP contribution in [-0.4, -0.2) is 11.1 Å². The smallest absolute Gasteiger partial charge is 0.306 e. The lowest BCUT2D eigenvalue weighted by molar-refractivity contribution is -0.154. The Morgan fingerprint density at radius 2 is 2.20 bits per heavy atom. The fourth-order valence-electron chi connectivity index (χ4n) is 2.04. The second kappa shape index (κ2) is 1.74. The molecule has 2 nitrogen and oxygen atoms in total. The Morgan fingerprint density at radius 3 is 2.50 bits per heavy atom. The maximum absolute atomic E-state index is 10.5. The Bertz CT molecular complexity index is 200. The van der Waals surface area contributed by atoms with Gasteiger partial charge in [-0.1, -0.05) is 6.42 Å². The van der Waals surface area contributed by atoms with E-state index in [2.05, 4.69) is 0 Å². The molecular formula is C8H12O2. The first kappa shape index (κ1) is 5.16. The monoisotopic (exact) mass is 141 g/mol. The minimum absolute atomic E-state index is 0.292. The molecule has 0 amide bonds. The summed E-state index contributed by atoms with van der Waals surface area (Å²) in [4.78, 5) is 10.5. The van der Waals surface area contributed by atoms with E-state index >= 15 is 0 Å². The van der Waals surface area contributed by atoms with E-state index in [1.54, 1.807) is 0 Å². The summed E-state index contributed by atoms with van der Waals surface area (Å²) < 4.78 is 7.51. The van der Waals surface area contributed by atoms with Crippen molar-refractivity contribution in [2.75, 3.05) is 0 Å². The van der Waals surface area contributed by atoms with Crippen molar-refractivity contribution in [1.82, 2.24) is 0 Å². The van der Waals surface area contributed by atoms with Crippen LogP contribution in [0.15, 0.2) is 0 Å². The third-order valence-electron chi connectivity index (χ3n) is 2.89. The van der Waals surface area contributed by atoms with Crippen molar-refractivity contribution in [2.45, 2.75) is 32.1 Å². The minimum atomic E-state index is -1.12. The molecule has 0 aromatic heterocycles. The van der Waals surface area contributed by atoms with Crippen molar-refractivity contribution in [2.24, 2.45) is 11.3 Å². The molecule has 1 spiro atoms. The molecule has 0 atom stereocenters. The van der Waals surface area contributed by atoms with Crippen molar-refractivity contribution in [3.8, 4) is 0 Å². The third-order valence-corrected chi connectivity index (χ3v) is 2.89. The molecule has 2 heteroatoms. The van der Waals surface area contributed by atoms with E-state index in [1.165, 1.54) is 6.42 Å². The Morgan fingerprint density at radius 1 is 1.60 bits per heavy atom. The van der Waals surface area contributed by atoms with Crippen molar-refractivity contribution in [3.63, 3.8) is 0 Å². The first-order chi connectivity index (χ1) is 5.06. The minimum Gasteiger partial charge on any atom is -0.481 e. The topological polar surface area (TPSA) is 37.3 Å². The Hall–Kier alpha value is -0.530. The molecule has 2 rings (SSSR count). The van der Waals surface area contributed by atoms with Crippen LogP contribution < -0.4 is 0 Å². The van der Waals surface area contributed by atoms with Gasteiger partial charge in [0.1, 0.15) is 0 Å². The second-order valence-electron chi connectivity index (χ2n) is 3.62. The maximum atomic E-state index is 10.5. The summed E-state index contributed by atoms with van der Waals surface area (Å²) in [5.41, 5.74) is 0.292. The van der Waals surface area contributed by atoms with E-state index in [4.69, 9.17) is 6.48 Å². The normalized spacial score (nSPS) is 33.8. The lowest BCUT2D eigenvalue weighted by Gasteiger charge is -2.52. The van der Waals surface area contributed by atoms with Crippen LogP contribution in [0.1, 0.15) is 33.5 Å². The van der Waals surface area contributed by atoms with Crippen LogP contribution in [0.2, 0.25) is 0 Å². The number of carboxylic acid groups (broad SMARTS) is 1. The van der Waals surface area contributed by atoms with Crippen molar-refractivity contribution in [1.29, 1.82) is 0 Å². The van der Waals surface area contributed by atoms with Gasteiger partial charge >= 0.3 is 5.97 Å². The van der Waals surface area contributed by atoms with Crippen LogP contribution >= 0.6 is 0 Å². The first-order valence-electron chi connectivity index (χ1n) is 4.30. The van der Waals surface area contributed by atoms with Gasteiger partial charge in [-0.05, 0) is 31.1 Å². The summed E-state index contributed by atoms with van der Waals surface area (Å²) in [6.07, 6.45) is 4.72. The van der Waals surface area contributed by atoms with E-state index in [1.807, 2.05) is 0 Å². The maximum Gasteiger partial charge on any atom is 0.306 e. The number of carbonyl (C=O) groups is 1. The average molecular weight is 141 g/mol. The molecule has 0 saturated heterocycles. The highest BCUT2D eigenvalue weighted by atomic mass is 16.4. The molecule has 0 aliphatic heterocycles. The summed E-state index contributed by atoms with van der Waals surface area (Å²) >= 11 is 0. The summed E-state index contributed by atoms with van der Waals surface area (Å²) in [5, 5.41) is 8.66. The predicted molar refractivity (Wildman–Crippen MR) is 36.6 cm³/mol. The highest BCUT2D eigenvalue weighted by Crippen LogP contribution is 2.58. The quantitative estimate of drug-likeness (QED) is 0.602. The molecule has 0 aromatic carbocycles. The van der Waals surface area contributed by atoms with E-state index in [0.29, 0.717) is 18.3 Å². The largest absolute Gasteiger partial charge is 0.481 e. The molecule has 2 aliphatic rings. The van der Waals surface area contributed by atoms with Gasteiger partial charge in [-0.25, -0.2) is 0 Å². The fourth-order valence-corrected chi connectivity index (χ4v) is 2.04. The SMILES string of the molecule is [2H]C1(C(=O)O)CC2(CCC2)C1. The lowest BCUT2D eigenvalue weighted by Crippen LogP contribution is -2.45. The molecule has 1 N–H and O–H groups in total. The number of hydrogen-bond donors (Lipinski definition) is 1. The van der Waals surface area contributed by atoms with Gasteiger partial charge in [-0.15, -0.1) is 0 Å². The van der Waals surface area contributed by atoms with E-state index in [9.17, 15) is 4.79 Å². The number of carboxylic acids is 1. The lowest BCUT2D eigenvalue weighted by atomic mass is 9.52. The molecule has 0 unspecified atom stereocenters. The molecule has 2 aliphatic carbocycles. The highest BCUT2D eigenvalue weighted by Gasteiger charge is 2.50. The zero-order chi connectivity index (χ0) is 8.11. The Labute approximate surface area is 61.6 Å². The average Bonchev–Trinajstić information content (AvgIpc) is 1.75. The van der Waals surface area contributed by atoms with Crippen LogP contribution in [-0.2, 0) is 4.79 Å². The predicted octanol–water partition coefficient (Wildman–Crippen LogP) is 1.65. The molecule has 2 fully saturated rings. The van der Waals surface area contributed by atoms with Crippen LogP contribution in [0, 0.1) is 11.3 Å². The van der Waals surface area contributed by atoms with Crippen LogP contribution in [0.3, 0.4) is 0 Å². The van der Waals surface area contributed by atoms with Gasteiger partial charge in [-0.2, -0.15) is 0 Å². The van der Waals surface area contributed by atoms with Crippen LogP contribution in [0.25, 0.3) is 0 Å². The fraction of sp³-hybridized carbons (Fsp3) is 0.875. The van der Waals surface area contributed by atoms with Gasteiger partial charge < -0.3 is 5.11 Å². The zero-order valence-corrected chi connectivity index (χ0v) is 5.89. The van der Waals surface area contributed by atoms with Crippen molar-refractivity contribution in [3.05, 3.63) is 0 Å². The van der Waals surface area contributed by atoms with Gasteiger partial charge in [-0.3, -0.25) is 4.79 Å². The first-order valence-corrected chi connectivity index (χ1v) is 3.80. The molecule has 0 radical (unpaired) electrons. The third kappa shape index (κ3) is 0.678. The van der Waals surface area contributed by atoms with E-state index < -0.39 is 11.9 Å². The molecule has 0 bridgehead atoms. The van der Waals surface area contributed by atoms with Gasteiger partial charge in [0, 0.05) is 1.37 Å². The van der Waals surface area contributed by atoms with Crippen LogP contribution in [0.4, 0.5) is 0 Å². The molecule has 2 saturated carbocycles. The molecule has 0 aromatic rings. The van der Waals surface area contributed by atoms with Crippen molar-refractivity contribution < 1.29 is 11.3 Å². The van der Waals surface area contributed by atoms with Gasteiger partial charge in [0.25, 0.3) is 0 Å². The highest BCUT2D eigenvalue weighted by molar-refractivity contribution is 5.71. The standard InChI is InChI=1S/C8H12O2/c9-7(10)6-4-8(5-6)2-1-3-8/h6H,1-5H2,(H,9,10)/i6D. The number of hydrogen-bond acceptors (Lipinski definition) is 1. The van der Waals surface area contributed by atoms with E-state index in [-0.39, 0.29) is 0 Å². The zero-order valence-electron chi connectivity index (χ0n) is 6.89. The molecule has 10 heavy (non-hydrogen) atoms. The van der Waals surface area contributed by atoms with Gasteiger partial charge in [0.05, 0.1) is 5.89 Å². The summed E-state index contributed by atoms with van der Waals surface area (Å²) in [7, 11) is 0. The molecule has 56 valence electrons. The number of aliphatic carboxylic acids is 1. The second-order valence-corrected chi connectivity index (χ2v) is 3.62. The molecular weight excluding hydrogens is 128 g/mol. The van der Waals surface area contributed by atoms with E-state index in [0.717, 1.165) is 12.8 Å².